The maximum atomic E-state index is 13.5. The number of carbonyl (C=O) groups excluding carboxylic acids is 1. The smallest absolute Gasteiger partial charge is 0.272 e. The number of nitrogens with zero attached hydrogens (tertiary/aromatic N) is 3. The molecule has 2 aromatic rings. The van der Waals surface area contributed by atoms with Crippen molar-refractivity contribution in [3.05, 3.63) is 56.8 Å². The molecule has 2 aliphatic rings. The van der Waals surface area contributed by atoms with Crippen LogP contribution >= 0.6 is 23.2 Å². The lowest BCUT2D eigenvalue weighted by Crippen LogP contribution is -2.52. The van der Waals surface area contributed by atoms with E-state index in [0.717, 1.165) is 67.6 Å². The van der Waals surface area contributed by atoms with Crippen LogP contribution in [0.15, 0.2) is 24.4 Å². The largest absolute Gasteiger partial charge is 0.380 e. The van der Waals surface area contributed by atoms with Gasteiger partial charge in [0.25, 0.3) is 5.91 Å². The van der Waals surface area contributed by atoms with Gasteiger partial charge in [0.05, 0.1) is 15.8 Å². The lowest BCUT2D eigenvalue weighted by molar-refractivity contribution is 0.0571. The molecule has 4 rings (SSSR count). The summed E-state index contributed by atoms with van der Waals surface area (Å²) in [5.41, 5.74) is 4.36. The van der Waals surface area contributed by atoms with Gasteiger partial charge >= 0.3 is 0 Å². The van der Waals surface area contributed by atoms with E-state index in [2.05, 4.69) is 26.8 Å². The van der Waals surface area contributed by atoms with Crippen LogP contribution in [0, 0.1) is 6.92 Å². The van der Waals surface area contributed by atoms with Crippen molar-refractivity contribution in [3.8, 4) is 0 Å². The number of anilines is 1. The Labute approximate surface area is 242 Å². The number of halogens is 2. The van der Waals surface area contributed by atoms with E-state index in [0.29, 0.717) is 41.4 Å². The number of likely N-dealkylation sites (tertiary alicyclic amines) is 2. The highest BCUT2D eigenvalue weighted by atomic mass is 35.5. The summed E-state index contributed by atoms with van der Waals surface area (Å²) in [7, 11) is -3.17. The number of piperidine rings is 2. The van der Waals surface area contributed by atoms with Crippen molar-refractivity contribution < 1.29 is 13.2 Å². The van der Waals surface area contributed by atoms with Crippen molar-refractivity contribution in [2.24, 2.45) is 0 Å². The van der Waals surface area contributed by atoms with Crippen molar-refractivity contribution in [1.29, 1.82) is 0 Å². The minimum atomic E-state index is -3.17. The van der Waals surface area contributed by atoms with Crippen LogP contribution in [0.25, 0.3) is 0 Å². The van der Waals surface area contributed by atoms with Crippen LogP contribution in [0.2, 0.25) is 10.0 Å². The molecule has 8 nitrogen and oxygen atoms in total. The SMILES string of the molecule is CCc1cnc(C(=O)N2CCC(N3CCC(NS(=O)(=O)CC)CC3)CC2)c(C)c1NCc1ccc(Cl)c(Cl)c1. The average molecular weight is 597 g/mol. The highest BCUT2D eigenvalue weighted by molar-refractivity contribution is 7.89. The first-order valence-electron chi connectivity index (χ1n) is 13.8. The Morgan fingerprint density at radius 3 is 2.36 bits per heavy atom. The summed E-state index contributed by atoms with van der Waals surface area (Å²) >= 11 is 12.2. The Hall–Kier alpha value is -1.91. The third kappa shape index (κ3) is 7.44. The van der Waals surface area contributed by atoms with E-state index >= 15 is 0 Å². The van der Waals surface area contributed by atoms with Gasteiger partial charge in [-0.3, -0.25) is 9.78 Å². The predicted molar refractivity (Wildman–Crippen MR) is 158 cm³/mol. The van der Waals surface area contributed by atoms with E-state index < -0.39 is 10.0 Å². The van der Waals surface area contributed by atoms with Gasteiger partial charge in [0.1, 0.15) is 5.69 Å². The number of nitrogens with one attached hydrogen (secondary N) is 2. The number of sulfonamides is 1. The van der Waals surface area contributed by atoms with Gasteiger partial charge < -0.3 is 15.1 Å². The summed E-state index contributed by atoms with van der Waals surface area (Å²) in [5, 5.41) is 4.54. The molecule has 11 heteroatoms. The van der Waals surface area contributed by atoms with Gasteiger partial charge in [-0.2, -0.15) is 0 Å². The minimum absolute atomic E-state index is 0.0208. The predicted octanol–water partition coefficient (Wildman–Crippen LogP) is 4.88. The summed E-state index contributed by atoms with van der Waals surface area (Å²) in [4.78, 5) is 22.5. The standard InChI is InChI=1S/C28H39Cl2N5O3S/c1-4-21-18-32-27(19(3)26(21)31-17-20-6-7-24(29)25(30)16-20)28(36)35-14-10-23(11-15-35)34-12-8-22(9-13-34)33-39(37,38)5-2/h6-7,16,18,22-23,33H,4-5,8-15,17H2,1-3H3,(H,31,32). The molecule has 0 unspecified atom stereocenters. The van der Waals surface area contributed by atoms with Crippen molar-refractivity contribution >= 4 is 44.8 Å². The highest BCUT2D eigenvalue weighted by Gasteiger charge is 2.32. The van der Waals surface area contributed by atoms with E-state index in [1.165, 1.54) is 0 Å². The molecule has 1 aromatic heterocycles. The van der Waals surface area contributed by atoms with Gasteiger partial charge in [-0.1, -0.05) is 36.2 Å². The Balaban J connectivity index is 1.35. The first kappa shape index (κ1) is 30.1. The second kappa shape index (κ2) is 13.2. The quantitative estimate of drug-likeness (QED) is 0.429. The molecule has 0 saturated carbocycles. The molecule has 39 heavy (non-hydrogen) atoms. The molecule has 0 aliphatic carbocycles. The summed E-state index contributed by atoms with van der Waals surface area (Å²) in [6.45, 7) is 9.39. The molecule has 2 fully saturated rings. The van der Waals surface area contributed by atoms with E-state index in [-0.39, 0.29) is 17.7 Å². The van der Waals surface area contributed by atoms with Crippen molar-refractivity contribution in [2.75, 3.05) is 37.2 Å². The van der Waals surface area contributed by atoms with Gasteiger partial charge in [-0.25, -0.2) is 13.1 Å². The molecular formula is C28H39Cl2N5O3S. The first-order valence-corrected chi connectivity index (χ1v) is 16.2. The second-order valence-corrected chi connectivity index (χ2v) is 13.3. The number of amides is 1. The van der Waals surface area contributed by atoms with Crippen molar-refractivity contribution in [2.45, 2.75) is 71.5 Å². The number of rotatable bonds is 9. The molecule has 0 spiro atoms. The van der Waals surface area contributed by atoms with Crippen LogP contribution in [0.5, 0.6) is 0 Å². The highest BCUT2D eigenvalue weighted by Crippen LogP contribution is 2.28. The Bertz CT molecular complexity index is 1270. The molecule has 0 bridgehead atoms. The normalized spacial score (nSPS) is 17.9. The number of pyridine rings is 1. The lowest BCUT2D eigenvalue weighted by Gasteiger charge is -2.41. The molecule has 1 aromatic carbocycles. The number of aromatic nitrogens is 1. The van der Waals surface area contributed by atoms with Crippen LogP contribution in [-0.4, -0.2) is 73.1 Å². The number of hydrogen-bond donors (Lipinski definition) is 2. The van der Waals surface area contributed by atoms with Gasteiger partial charge in [-0.15, -0.1) is 0 Å². The van der Waals surface area contributed by atoms with E-state index in [1.807, 2.05) is 24.0 Å². The first-order chi connectivity index (χ1) is 18.6. The fraction of sp³-hybridized carbons (Fsp3) is 0.571. The monoisotopic (exact) mass is 595 g/mol. The number of hydrogen-bond acceptors (Lipinski definition) is 6. The fourth-order valence-electron chi connectivity index (χ4n) is 5.54. The molecule has 1 amide bonds. The summed E-state index contributed by atoms with van der Waals surface area (Å²) < 4.78 is 26.6. The van der Waals surface area contributed by atoms with Crippen molar-refractivity contribution in [1.82, 2.24) is 19.5 Å². The Kier molecular flexibility index (Phi) is 10.1. The van der Waals surface area contributed by atoms with Crippen molar-refractivity contribution in [3.63, 3.8) is 0 Å². The summed E-state index contributed by atoms with van der Waals surface area (Å²) in [5.74, 6) is 0.0862. The zero-order chi connectivity index (χ0) is 28.2. The Morgan fingerprint density at radius 2 is 1.74 bits per heavy atom. The molecular weight excluding hydrogens is 557 g/mol. The van der Waals surface area contributed by atoms with E-state index in [1.54, 1.807) is 19.2 Å². The van der Waals surface area contributed by atoms with Gasteiger partial charge in [0.15, 0.2) is 0 Å². The molecule has 2 aliphatic heterocycles. The zero-order valence-corrected chi connectivity index (χ0v) is 25.3. The summed E-state index contributed by atoms with van der Waals surface area (Å²) in [6, 6.07) is 6.01. The molecule has 0 atom stereocenters. The topological polar surface area (TPSA) is 94.6 Å². The maximum absolute atomic E-state index is 13.5. The number of carbonyl (C=O) groups is 1. The van der Waals surface area contributed by atoms with Gasteiger partial charge in [0, 0.05) is 49.2 Å². The van der Waals surface area contributed by atoms with Gasteiger partial charge in [-0.05, 0) is 82.3 Å². The van der Waals surface area contributed by atoms with Crippen LogP contribution in [-0.2, 0) is 23.0 Å². The zero-order valence-electron chi connectivity index (χ0n) is 23.0. The minimum Gasteiger partial charge on any atom is -0.380 e. The molecule has 2 saturated heterocycles. The molecule has 214 valence electrons. The molecule has 2 N–H and O–H groups in total. The van der Waals surface area contributed by atoms with Crippen LogP contribution in [0.3, 0.4) is 0 Å². The lowest BCUT2D eigenvalue weighted by atomic mass is 9.97. The maximum Gasteiger partial charge on any atom is 0.272 e. The van der Waals surface area contributed by atoms with Crippen LogP contribution in [0.4, 0.5) is 5.69 Å². The Morgan fingerprint density at radius 1 is 1.05 bits per heavy atom. The third-order valence-electron chi connectivity index (χ3n) is 7.96. The average Bonchev–Trinajstić information content (AvgIpc) is 2.94. The number of benzene rings is 1. The van der Waals surface area contributed by atoms with Gasteiger partial charge in [0.2, 0.25) is 10.0 Å². The van der Waals surface area contributed by atoms with E-state index in [9.17, 15) is 13.2 Å². The van der Waals surface area contributed by atoms with Crippen LogP contribution < -0.4 is 10.0 Å². The summed E-state index contributed by atoms with van der Waals surface area (Å²) in [6.07, 6.45) is 6.07. The van der Waals surface area contributed by atoms with Crippen LogP contribution in [0.1, 0.15) is 66.7 Å². The molecule has 3 heterocycles. The second-order valence-electron chi connectivity index (χ2n) is 10.4. The van der Waals surface area contributed by atoms with E-state index in [4.69, 9.17) is 23.2 Å². The fourth-order valence-corrected chi connectivity index (χ4v) is 6.77. The number of aryl methyl sites for hydroxylation is 1. The third-order valence-corrected chi connectivity index (χ3v) is 10.2. The molecule has 0 radical (unpaired) electrons.